The van der Waals surface area contributed by atoms with E-state index in [1.165, 1.54) is 0 Å². The third kappa shape index (κ3) is 5.14. The predicted octanol–water partition coefficient (Wildman–Crippen LogP) is 3.92. The molecule has 11 heteroatoms. The summed E-state index contributed by atoms with van der Waals surface area (Å²) in [6.45, 7) is 3.27. The fourth-order valence-electron chi connectivity index (χ4n) is 3.75. The Morgan fingerprint density at radius 1 is 1.14 bits per heavy atom. The Morgan fingerprint density at radius 2 is 1.89 bits per heavy atom. The molecule has 0 saturated heterocycles. The number of ether oxygens (including phenoxy) is 2. The number of fused-ring (bicyclic) bond motifs is 1. The monoisotopic (exact) mass is 493 g/mol. The topological polar surface area (TPSA) is 137 Å². The number of benzene rings is 2. The first-order valence-corrected chi connectivity index (χ1v) is 11.2. The number of hydrogen-bond donors (Lipinski definition) is 4. The van der Waals surface area contributed by atoms with E-state index in [4.69, 9.17) is 21.7 Å². The fraction of sp³-hybridized carbons (Fsp3) is 0.208. The molecule has 1 amide bonds. The van der Waals surface area contributed by atoms with Crippen molar-refractivity contribution in [1.82, 2.24) is 15.6 Å². The molecule has 1 aromatic heterocycles. The van der Waals surface area contributed by atoms with Gasteiger partial charge in [0, 0.05) is 16.6 Å². The number of H-pyrrole nitrogens is 1. The van der Waals surface area contributed by atoms with Crippen molar-refractivity contribution in [2.75, 3.05) is 13.2 Å². The van der Waals surface area contributed by atoms with E-state index in [1.807, 2.05) is 6.07 Å². The van der Waals surface area contributed by atoms with E-state index >= 15 is 0 Å². The molecule has 4 N–H and O–H groups in total. The number of aromatic hydroxyl groups is 1. The van der Waals surface area contributed by atoms with Gasteiger partial charge in [-0.1, -0.05) is 36.4 Å². The van der Waals surface area contributed by atoms with Crippen molar-refractivity contribution in [2.24, 2.45) is 10.2 Å². The smallest absolute Gasteiger partial charge is 0.338 e. The quantitative estimate of drug-likeness (QED) is 0.221. The number of para-hydroxylation sites is 2. The zero-order valence-corrected chi connectivity index (χ0v) is 19.8. The van der Waals surface area contributed by atoms with Crippen LogP contribution in [0.1, 0.15) is 25.5 Å². The van der Waals surface area contributed by atoms with E-state index in [9.17, 15) is 14.7 Å². The third-order valence-corrected chi connectivity index (χ3v) is 5.49. The van der Waals surface area contributed by atoms with Crippen molar-refractivity contribution >= 4 is 45.8 Å². The van der Waals surface area contributed by atoms with E-state index in [-0.39, 0.29) is 18.2 Å². The maximum Gasteiger partial charge on any atom is 0.338 e. The van der Waals surface area contributed by atoms with E-state index in [0.717, 1.165) is 0 Å². The second-order valence-corrected chi connectivity index (χ2v) is 7.99. The Balaban J connectivity index is 1.53. The Kier molecular flexibility index (Phi) is 7.06. The molecule has 1 atom stereocenters. The van der Waals surface area contributed by atoms with Crippen LogP contribution in [0.4, 0.5) is 5.69 Å². The zero-order chi connectivity index (χ0) is 24.9. The minimum Gasteiger partial charge on any atom is -0.493 e. The summed E-state index contributed by atoms with van der Waals surface area (Å²) in [6, 6.07) is 13.5. The number of amides is 1. The Labute approximate surface area is 206 Å². The van der Waals surface area contributed by atoms with Crippen molar-refractivity contribution in [3.05, 3.63) is 65.4 Å². The van der Waals surface area contributed by atoms with Crippen LogP contribution in [0, 0.1) is 0 Å². The van der Waals surface area contributed by atoms with Gasteiger partial charge in [0.25, 0.3) is 0 Å². The largest absolute Gasteiger partial charge is 0.493 e. The molecule has 0 aliphatic carbocycles. The highest BCUT2D eigenvalue weighted by Gasteiger charge is 2.32. The molecule has 180 valence electrons. The number of nitrogens with one attached hydrogen (secondary N) is 3. The highest BCUT2D eigenvalue weighted by molar-refractivity contribution is 7.80. The molecule has 0 saturated carbocycles. The third-order valence-electron chi connectivity index (χ3n) is 5.27. The molecule has 0 fully saturated rings. The first kappa shape index (κ1) is 23.9. The molecule has 2 aromatic carbocycles. The van der Waals surface area contributed by atoms with Crippen LogP contribution in [0.5, 0.6) is 11.6 Å². The molecular formula is C24H23N5O5S. The number of esters is 1. The van der Waals surface area contributed by atoms with E-state index in [2.05, 4.69) is 25.8 Å². The SMILES string of the molecule is CCOC(=O)C1=C(C)NC(=S)N[C@@H]1c1ccccc1OCC(=O)N=Nc1c(O)[nH]c2ccccc12. The average Bonchev–Trinajstić information content (AvgIpc) is 3.16. The highest BCUT2D eigenvalue weighted by atomic mass is 32.1. The van der Waals surface area contributed by atoms with Crippen LogP contribution in [-0.2, 0) is 14.3 Å². The molecule has 1 aliphatic rings. The van der Waals surface area contributed by atoms with Crippen molar-refractivity contribution in [2.45, 2.75) is 19.9 Å². The second kappa shape index (κ2) is 10.3. The van der Waals surface area contributed by atoms with Gasteiger partial charge in [-0.15, -0.1) is 10.2 Å². The Bertz CT molecular complexity index is 1360. The molecule has 0 radical (unpaired) electrons. The van der Waals surface area contributed by atoms with Crippen molar-refractivity contribution < 1.29 is 24.2 Å². The number of carbonyl (C=O) groups is 2. The van der Waals surface area contributed by atoms with Crippen LogP contribution >= 0.6 is 12.2 Å². The van der Waals surface area contributed by atoms with E-state index < -0.39 is 24.5 Å². The van der Waals surface area contributed by atoms with E-state index in [0.29, 0.717) is 38.6 Å². The fourth-order valence-corrected chi connectivity index (χ4v) is 4.02. The lowest BCUT2D eigenvalue weighted by molar-refractivity contribution is -0.139. The summed E-state index contributed by atoms with van der Waals surface area (Å²) in [6.07, 6.45) is 0. The Morgan fingerprint density at radius 3 is 2.69 bits per heavy atom. The number of nitrogens with zero attached hydrogens (tertiary/aromatic N) is 2. The molecule has 1 aliphatic heterocycles. The summed E-state index contributed by atoms with van der Waals surface area (Å²) in [5.41, 5.74) is 2.36. The first-order chi connectivity index (χ1) is 16.9. The zero-order valence-electron chi connectivity index (χ0n) is 19.0. The number of aromatic nitrogens is 1. The number of azo groups is 1. The average molecular weight is 494 g/mol. The maximum atomic E-state index is 12.6. The predicted molar refractivity (Wildman–Crippen MR) is 132 cm³/mol. The van der Waals surface area contributed by atoms with Gasteiger partial charge in [0.05, 0.1) is 23.7 Å². The van der Waals surface area contributed by atoms with Crippen LogP contribution in [0.15, 0.2) is 70.0 Å². The normalized spacial score (nSPS) is 15.7. The highest BCUT2D eigenvalue weighted by Crippen LogP contribution is 2.36. The molecule has 4 rings (SSSR count). The molecule has 0 bridgehead atoms. The summed E-state index contributed by atoms with van der Waals surface area (Å²) in [5, 5.41) is 24.6. The standard InChI is InChI=1S/C24H23N5O5S/c1-3-33-23(32)19-13(2)25-24(35)27-20(19)15-9-5-7-11-17(15)34-12-18(30)28-29-21-14-8-4-6-10-16(14)26-22(21)31/h4-11,20,26,31H,3,12H2,1-2H3,(H2,25,27,35)/t20-/m1/s1. The molecule has 0 spiro atoms. The van der Waals surface area contributed by atoms with E-state index in [1.54, 1.807) is 56.3 Å². The number of aromatic amines is 1. The number of allylic oxidation sites excluding steroid dienone is 1. The Hall–Kier alpha value is -4.25. The van der Waals surface area contributed by atoms with Gasteiger partial charge in [-0.3, -0.25) is 4.79 Å². The lowest BCUT2D eigenvalue weighted by Gasteiger charge is -2.30. The number of hydrogen-bond acceptors (Lipinski definition) is 7. The van der Waals surface area contributed by atoms with Gasteiger partial charge in [-0.05, 0) is 38.2 Å². The molecule has 3 aromatic rings. The summed E-state index contributed by atoms with van der Waals surface area (Å²) in [4.78, 5) is 27.8. The van der Waals surface area contributed by atoms with Gasteiger partial charge in [-0.2, -0.15) is 0 Å². The minimum absolute atomic E-state index is 0.168. The lowest BCUT2D eigenvalue weighted by atomic mass is 9.95. The molecule has 10 nitrogen and oxygen atoms in total. The van der Waals surface area contributed by atoms with Crippen LogP contribution in [0.3, 0.4) is 0 Å². The molecular weight excluding hydrogens is 470 g/mol. The number of thiocarbonyl (C=S) groups is 1. The van der Waals surface area contributed by atoms with Gasteiger partial charge in [0.1, 0.15) is 5.75 Å². The van der Waals surface area contributed by atoms with Crippen molar-refractivity contribution in [1.29, 1.82) is 0 Å². The molecule has 2 heterocycles. The minimum atomic E-state index is -0.657. The van der Waals surface area contributed by atoms with Crippen molar-refractivity contribution in [3.63, 3.8) is 0 Å². The van der Waals surface area contributed by atoms with Gasteiger partial charge in [0.15, 0.2) is 17.4 Å². The number of carbonyl (C=O) groups excluding carboxylic acids is 2. The molecule has 35 heavy (non-hydrogen) atoms. The molecule has 0 unspecified atom stereocenters. The van der Waals surface area contributed by atoms with Crippen LogP contribution in [0.2, 0.25) is 0 Å². The maximum absolute atomic E-state index is 12.6. The van der Waals surface area contributed by atoms with Crippen LogP contribution in [0.25, 0.3) is 10.9 Å². The number of rotatable bonds is 7. The summed E-state index contributed by atoms with van der Waals surface area (Å²) >= 11 is 5.28. The summed E-state index contributed by atoms with van der Waals surface area (Å²) < 4.78 is 11.0. The van der Waals surface area contributed by atoms with Gasteiger partial charge < -0.3 is 30.2 Å². The van der Waals surface area contributed by atoms with Crippen molar-refractivity contribution in [3.8, 4) is 11.6 Å². The van der Waals surface area contributed by atoms with Crippen LogP contribution in [-0.4, -0.2) is 40.3 Å². The van der Waals surface area contributed by atoms with Crippen LogP contribution < -0.4 is 15.4 Å². The van der Waals surface area contributed by atoms with Gasteiger partial charge in [0.2, 0.25) is 5.88 Å². The second-order valence-electron chi connectivity index (χ2n) is 7.58. The summed E-state index contributed by atoms with van der Waals surface area (Å²) in [5.74, 6) is -0.968. The first-order valence-electron chi connectivity index (χ1n) is 10.8. The van der Waals surface area contributed by atoms with Gasteiger partial charge in [-0.25, -0.2) is 4.79 Å². The van der Waals surface area contributed by atoms with Gasteiger partial charge >= 0.3 is 11.9 Å². The lowest BCUT2D eigenvalue weighted by Crippen LogP contribution is -2.45. The summed E-state index contributed by atoms with van der Waals surface area (Å²) in [7, 11) is 0.